The van der Waals surface area contributed by atoms with Crippen LogP contribution in [0, 0.1) is 5.92 Å². The van der Waals surface area contributed by atoms with E-state index < -0.39 is 29.0 Å². The first-order chi connectivity index (χ1) is 24.6. The zero-order valence-corrected chi connectivity index (χ0v) is 29.5. The van der Waals surface area contributed by atoms with Crippen molar-refractivity contribution < 1.29 is 24.0 Å². The Morgan fingerprint density at radius 1 is 0.627 bits per heavy atom. The first kappa shape index (κ1) is 36.7. The van der Waals surface area contributed by atoms with Crippen LogP contribution in [0.4, 0.5) is 0 Å². The molecule has 2 N–H and O–H groups in total. The fourth-order valence-corrected chi connectivity index (χ4v) is 6.06. The van der Waals surface area contributed by atoms with E-state index in [9.17, 15) is 14.4 Å². The molecule has 0 saturated heterocycles. The molecule has 5 rings (SSSR count). The molecule has 1 atom stereocenters. The Morgan fingerprint density at radius 2 is 1.10 bits per heavy atom. The minimum atomic E-state index is -1.15. The molecule has 51 heavy (non-hydrogen) atoms. The van der Waals surface area contributed by atoms with Crippen molar-refractivity contribution in [2.45, 2.75) is 57.7 Å². The van der Waals surface area contributed by atoms with Crippen molar-refractivity contribution in [1.82, 2.24) is 10.8 Å². The maximum absolute atomic E-state index is 13.5. The molecule has 262 valence electrons. The fourth-order valence-electron chi connectivity index (χ4n) is 6.06. The summed E-state index contributed by atoms with van der Waals surface area (Å²) < 4.78 is 5.54. The molecule has 7 heteroatoms. The number of nitrogens with one attached hydrogen (secondary N) is 2. The fraction of sp³-hybridized carbons (Fsp3) is 0.250. The molecule has 0 spiro atoms. The van der Waals surface area contributed by atoms with Gasteiger partial charge in [-0.15, -0.1) is 0 Å². The summed E-state index contributed by atoms with van der Waals surface area (Å²) >= 11 is 0. The first-order valence-corrected chi connectivity index (χ1v) is 17.4. The molecular formula is C44H46N2O5. The second-order valence-corrected chi connectivity index (χ2v) is 13.5. The predicted molar refractivity (Wildman–Crippen MR) is 200 cm³/mol. The summed E-state index contributed by atoms with van der Waals surface area (Å²) in [6.45, 7) is 5.74. The molecule has 0 aliphatic heterocycles. The van der Waals surface area contributed by atoms with Crippen LogP contribution in [0.5, 0.6) is 0 Å². The van der Waals surface area contributed by atoms with E-state index in [1.807, 2.05) is 109 Å². The summed E-state index contributed by atoms with van der Waals surface area (Å²) in [4.78, 5) is 46.3. The topological polar surface area (TPSA) is 93.7 Å². The summed E-state index contributed by atoms with van der Waals surface area (Å²) in [7, 11) is 0. The normalized spacial score (nSPS) is 12.1. The Morgan fingerprint density at radius 3 is 1.59 bits per heavy atom. The third kappa shape index (κ3) is 10.2. The Labute approximate surface area is 301 Å². The standard InChI is InChI=1S/C44H46N2O5/c1-43(2,3)50-41(48)32-36(42(49)45-31-30-33-24-26-35(27-25-33)34-16-8-4-9-17-34)28-29-40(47)46-51-44(37-18-10-5-11-19-37,38-20-12-6-13-21-38)39-22-14-7-15-23-39/h4-27,36H,28-32H2,1-3H3,(H,45,49)(H,46,47). The van der Waals surface area contributed by atoms with Crippen LogP contribution < -0.4 is 10.8 Å². The maximum Gasteiger partial charge on any atom is 0.307 e. The van der Waals surface area contributed by atoms with E-state index in [1.54, 1.807) is 20.8 Å². The van der Waals surface area contributed by atoms with Crippen molar-refractivity contribution in [1.29, 1.82) is 0 Å². The minimum Gasteiger partial charge on any atom is -0.460 e. The van der Waals surface area contributed by atoms with Gasteiger partial charge < -0.3 is 10.1 Å². The smallest absolute Gasteiger partial charge is 0.307 e. The third-order valence-corrected chi connectivity index (χ3v) is 8.56. The number of hydrogen-bond donors (Lipinski definition) is 2. The molecule has 2 amide bonds. The highest BCUT2D eigenvalue weighted by molar-refractivity contribution is 5.84. The van der Waals surface area contributed by atoms with Gasteiger partial charge in [-0.25, -0.2) is 5.48 Å². The van der Waals surface area contributed by atoms with Gasteiger partial charge in [0.05, 0.1) is 6.42 Å². The van der Waals surface area contributed by atoms with Crippen LogP contribution in [0.25, 0.3) is 11.1 Å². The van der Waals surface area contributed by atoms with Crippen LogP contribution >= 0.6 is 0 Å². The molecule has 0 saturated carbocycles. The van der Waals surface area contributed by atoms with E-state index in [4.69, 9.17) is 9.57 Å². The maximum atomic E-state index is 13.5. The van der Waals surface area contributed by atoms with Crippen LogP contribution in [0.15, 0.2) is 146 Å². The van der Waals surface area contributed by atoms with Gasteiger partial charge in [0.15, 0.2) is 5.60 Å². The highest BCUT2D eigenvalue weighted by Crippen LogP contribution is 2.39. The second-order valence-electron chi connectivity index (χ2n) is 13.5. The van der Waals surface area contributed by atoms with Gasteiger partial charge in [0.25, 0.3) is 0 Å². The summed E-state index contributed by atoms with van der Waals surface area (Å²) in [6.07, 6.45) is 0.553. The summed E-state index contributed by atoms with van der Waals surface area (Å²) in [5, 5.41) is 2.98. The van der Waals surface area contributed by atoms with Crippen molar-refractivity contribution in [3.05, 3.63) is 168 Å². The molecule has 0 aromatic heterocycles. The molecule has 7 nitrogen and oxygen atoms in total. The van der Waals surface area contributed by atoms with Crippen molar-refractivity contribution in [2.24, 2.45) is 5.92 Å². The third-order valence-electron chi connectivity index (χ3n) is 8.56. The van der Waals surface area contributed by atoms with Crippen molar-refractivity contribution in [3.8, 4) is 11.1 Å². The van der Waals surface area contributed by atoms with Crippen LogP contribution in [0.3, 0.4) is 0 Å². The minimum absolute atomic E-state index is 0.0454. The molecule has 0 fully saturated rings. The van der Waals surface area contributed by atoms with E-state index in [0.29, 0.717) is 13.0 Å². The van der Waals surface area contributed by atoms with Gasteiger partial charge in [0, 0.05) is 18.9 Å². The monoisotopic (exact) mass is 682 g/mol. The number of carbonyl (C=O) groups excluding carboxylic acids is 3. The summed E-state index contributed by atoms with van der Waals surface area (Å²) in [6, 6.07) is 47.6. The molecule has 0 heterocycles. The summed E-state index contributed by atoms with van der Waals surface area (Å²) in [5.74, 6) is -1.98. The Bertz CT molecular complexity index is 1740. The van der Waals surface area contributed by atoms with E-state index >= 15 is 0 Å². The van der Waals surface area contributed by atoms with Crippen molar-refractivity contribution in [3.63, 3.8) is 0 Å². The van der Waals surface area contributed by atoms with Crippen LogP contribution in [-0.4, -0.2) is 29.9 Å². The Hall–Kier alpha value is -5.53. The van der Waals surface area contributed by atoms with Crippen LogP contribution in [0.2, 0.25) is 0 Å². The summed E-state index contributed by atoms with van der Waals surface area (Å²) in [5.41, 5.74) is 6.69. The highest BCUT2D eigenvalue weighted by Gasteiger charge is 2.39. The predicted octanol–water partition coefficient (Wildman–Crippen LogP) is 8.18. The average molecular weight is 683 g/mol. The van der Waals surface area contributed by atoms with E-state index in [0.717, 1.165) is 33.4 Å². The Balaban J connectivity index is 1.26. The van der Waals surface area contributed by atoms with Gasteiger partial charge in [0.1, 0.15) is 5.60 Å². The number of amides is 2. The van der Waals surface area contributed by atoms with E-state index in [-0.39, 0.29) is 25.2 Å². The number of esters is 1. The zero-order chi connectivity index (χ0) is 36.1. The molecule has 5 aromatic carbocycles. The molecular weight excluding hydrogens is 636 g/mol. The number of hydrogen-bond acceptors (Lipinski definition) is 5. The van der Waals surface area contributed by atoms with Gasteiger partial charge >= 0.3 is 5.97 Å². The molecule has 0 bridgehead atoms. The molecule has 0 aliphatic carbocycles. The molecule has 0 aliphatic rings. The zero-order valence-electron chi connectivity index (χ0n) is 29.5. The number of rotatable bonds is 15. The number of hydroxylamine groups is 1. The number of carbonyl (C=O) groups is 3. The van der Waals surface area contributed by atoms with E-state index in [1.165, 1.54) is 0 Å². The SMILES string of the molecule is CC(C)(C)OC(=O)CC(CCC(=O)NOC(c1ccccc1)(c1ccccc1)c1ccccc1)C(=O)NCCc1ccc(-c2ccccc2)cc1. The lowest BCUT2D eigenvalue weighted by atomic mass is 9.80. The molecule has 1 unspecified atom stereocenters. The largest absolute Gasteiger partial charge is 0.460 e. The van der Waals surface area contributed by atoms with Gasteiger partial charge in [-0.1, -0.05) is 146 Å². The number of ether oxygens (including phenoxy) is 1. The lowest BCUT2D eigenvalue weighted by molar-refractivity contribution is -0.157. The number of benzene rings is 5. The highest BCUT2D eigenvalue weighted by atomic mass is 16.7. The van der Waals surface area contributed by atoms with Crippen LogP contribution in [-0.2, 0) is 36.0 Å². The van der Waals surface area contributed by atoms with Gasteiger partial charge in [-0.3, -0.25) is 19.2 Å². The molecule has 5 aromatic rings. The van der Waals surface area contributed by atoms with Crippen LogP contribution in [0.1, 0.15) is 62.3 Å². The van der Waals surface area contributed by atoms with Gasteiger partial charge in [0.2, 0.25) is 11.8 Å². The van der Waals surface area contributed by atoms with Gasteiger partial charge in [-0.05, 0) is 67.0 Å². The lowest BCUT2D eigenvalue weighted by Crippen LogP contribution is -2.41. The average Bonchev–Trinajstić information content (AvgIpc) is 3.15. The first-order valence-electron chi connectivity index (χ1n) is 17.4. The van der Waals surface area contributed by atoms with E-state index in [2.05, 4.69) is 47.2 Å². The quantitative estimate of drug-likeness (QED) is 0.0660. The second kappa shape index (κ2) is 17.4. The van der Waals surface area contributed by atoms with Gasteiger partial charge in [-0.2, -0.15) is 0 Å². The molecule has 0 radical (unpaired) electrons. The lowest BCUT2D eigenvalue weighted by Gasteiger charge is -2.35. The van der Waals surface area contributed by atoms with Crippen molar-refractivity contribution in [2.75, 3.05) is 6.54 Å². The van der Waals surface area contributed by atoms with Crippen molar-refractivity contribution >= 4 is 17.8 Å². The Kier molecular flexibility index (Phi) is 12.5.